The largest absolute Gasteiger partial charge is 0.472 e. The van der Waals surface area contributed by atoms with Crippen LogP contribution in [0.25, 0.3) is 0 Å². The molecule has 0 fully saturated rings. The Balaban J connectivity index is 4.09. The number of hydrogen-bond donors (Lipinski definition) is 2. The standard InChI is InChI=1S/C47H80NO7P/c1-3-5-7-9-11-13-15-17-19-20-21-22-23-24-25-27-29-31-33-35-37-39-42-52-44-46(45-54-56(50,51)53-43-41-48)55-47(49)40-38-36-34-32-30-28-26-18-16-14-12-10-8-6-4-2/h5-8,11-14,17-19,21-22,26,30,32,46H,3-4,9-10,15-16,20,23-25,27-29,31,33-45,48H2,1-2H3,(H,50,51)/b7-5-,8-6-,13-11-,14-12-,19-17-,22-21-,26-18-,32-30-. The molecule has 0 aliphatic heterocycles. The normalized spacial score (nSPS) is 14.4. The van der Waals surface area contributed by atoms with Gasteiger partial charge < -0.3 is 20.1 Å². The van der Waals surface area contributed by atoms with E-state index in [1.807, 2.05) is 0 Å². The first-order valence-electron chi connectivity index (χ1n) is 21.7. The summed E-state index contributed by atoms with van der Waals surface area (Å²) in [6.07, 6.45) is 57.2. The number of phosphoric acid groups is 1. The van der Waals surface area contributed by atoms with Gasteiger partial charge >= 0.3 is 13.8 Å². The van der Waals surface area contributed by atoms with Gasteiger partial charge in [0.2, 0.25) is 0 Å². The fourth-order valence-corrected chi connectivity index (χ4v) is 6.15. The number of hydrogen-bond acceptors (Lipinski definition) is 7. The zero-order chi connectivity index (χ0) is 40.9. The van der Waals surface area contributed by atoms with Crippen molar-refractivity contribution in [2.75, 3.05) is 33.0 Å². The van der Waals surface area contributed by atoms with E-state index < -0.39 is 13.9 Å². The lowest BCUT2D eigenvalue weighted by atomic mass is 10.1. The zero-order valence-corrected chi connectivity index (χ0v) is 36.2. The summed E-state index contributed by atoms with van der Waals surface area (Å²) in [5.74, 6) is -0.377. The first-order chi connectivity index (χ1) is 27.4. The van der Waals surface area contributed by atoms with Gasteiger partial charge in [-0.3, -0.25) is 13.8 Å². The average Bonchev–Trinajstić information content (AvgIpc) is 3.19. The molecular formula is C47H80NO7P. The van der Waals surface area contributed by atoms with Gasteiger partial charge in [0, 0.05) is 19.6 Å². The maximum Gasteiger partial charge on any atom is 0.472 e. The molecule has 0 aliphatic rings. The van der Waals surface area contributed by atoms with Crippen LogP contribution in [0, 0.1) is 0 Å². The summed E-state index contributed by atoms with van der Waals surface area (Å²) < 4.78 is 33.4. The van der Waals surface area contributed by atoms with E-state index in [-0.39, 0.29) is 38.8 Å². The lowest BCUT2D eigenvalue weighted by molar-refractivity contribution is -0.154. The van der Waals surface area contributed by atoms with Crippen LogP contribution < -0.4 is 5.73 Å². The summed E-state index contributed by atoms with van der Waals surface area (Å²) in [5.41, 5.74) is 5.36. The van der Waals surface area contributed by atoms with Crippen molar-refractivity contribution in [1.82, 2.24) is 0 Å². The van der Waals surface area contributed by atoms with E-state index in [1.54, 1.807) is 0 Å². The van der Waals surface area contributed by atoms with Crippen LogP contribution in [-0.2, 0) is 27.9 Å². The second-order valence-corrected chi connectivity index (χ2v) is 15.2. The monoisotopic (exact) mass is 802 g/mol. The number of ether oxygens (including phenoxy) is 2. The third kappa shape index (κ3) is 42.6. The van der Waals surface area contributed by atoms with Crippen LogP contribution in [-0.4, -0.2) is 49.9 Å². The molecule has 0 bridgehead atoms. The summed E-state index contributed by atoms with van der Waals surface area (Å²) in [7, 11) is -4.30. The SMILES string of the molecule is CC/C=C\C/C=C\C/C=C\C/C=C\CCCCCCCCCCCOCC(COP(=O)(O)OCCN)OC(=O)CCCC/C=C\C/C=C\C/C=C\C/C=C\CC. The van der Waals surface area contributed by atoms with Crippen LogP contribution in [0.5, 0.6) is 0 Å². The van der Waals surface area contributed by atoms with Crippen molar-refractivity contribution in [3.63, 3.8) is 0 Å². The van der Waals surface area contributed by atoms with Crippen LogP contribution in [0.2, 0.25) is 0 Å². The number of unbranched alkanes of at least 4 members (excludes halogenated alkanes) is 11. The molecular weight excluding hydrogens is 721 g/mol. The fourth-order valence-electron chi connectivity index (χ4n) is 5.39. The average molecular weight is 802 g/mol. The lowest BCUT2D eigenvalue weighted by Crippen LogP contribution is -2.28. The minimum atomic E-state index is -4.30. The highest BCUT2D eigenvalue weighted by Crippen LogP contribution is 2.43. The van der Waals surface area contributed by atoms with E-state index in [9.17, 15) is 14.3 Å². The summed E-state index contributed by atoms with van der Waals surface area (Å²) in [4.78, 5) is 22.5. The van der Waals surface area contributed by atoms with Gasteiger partial charge in [0.1, 0.15) is 6.10 Å². The molecule has 56 heavy (non-hydrogen) atoms. The van der Waals surface area contributed by atoms with Crippen LogP contribution in [0.4, 0.5) is 0 Å². The summed E-state index contributed by atoms with van der Waals surface area (Å²) >= 11 is 0. The van der Waals surface area contributed by atoms with Gasteiger partial charge in [0.25, 0.3) is 0 Å². The number of esters is 1. The topological polar surface area (TPSA) is 117 Å². The Kier molecular flexibility index (Phi) is 41.5. The molecule has 0 rings (SSSR count). The quantitative estimate of drug-likeness (QED) is 0.0272. The lowest BCUT2D eigenvalue weighted by Gasteiger charge is -2.20. The molecule has 9 heteroatoms. The maximum atomic E-state index is 12.6. The molecule has 0 saturated heterocycles. The van der Waals surface area contributed by atoms with Gasteiger partial charge in [-0.15, -0.1) is 0 Å². The van der Waals surface area contributed by atoms with E-state index in [4.69, 9.17) is 24.3 Å². The van der Waals surface area contributed by atoms with Crippen LogP contribution in [0.1, 0.15) is 155 Å². The molecule has 2 atom stereocenters. The number of phosphoric ester groups is 1. The third-order valence-corrected chi connectivity index (χ3v) is 9.48. The van der Waals surface area contributed by atoms with Crippen molar-refractivity contribution in [2.24, 2.45) is 5.73 Å². The van der Waals surface area contributed by atoms with Crippen molar-refractivity contribution in [3.05, 3.63) is 97.2 Å². The Morgan fingerprint density at radius 2 is 0.946 bits per heavy atom. The van der Waals surface area contributed by atoms with E-state index in [1.165, 1.54) is 44.9 Å². The number of nitrogens with two attached hydrogens (primary N) is 1. The first-order valence-corrected chi connectivity index (χ1v) is 23.2. The molecule has 8 nitrogen and oxygen atoms in total. The molecule has 0 aromatic heterocycles. The van der Waals surface area contributed by atoms with Crippen LogP contribution in [0.3, 0.4) is 0 Å². The van der Waals surface area contributed by atoms with Gasteiger partial charge in [0.05, 0.1) is 19.8 Å². The highest BCUT2D eigenvalue weighted by atomic mass is 31.2. The second-order valence-electron chi connectivity index (χ2n) is 13.8. The third-order valence-electron chi connectivity index (χ3n) is 8.50. The maximum absolute atomic E-state index is 12.6. The smallest absolute Gasteiger partial charge is 0.457 e. The second kappa shape index (κ2) is 43.5. The molecule has 0 aromatic rings. The Labute approximate surface area is 342 Å². The number of allylic oxidation sites excluding steroid dienone is 16. The molecule has 0 saturated carbocycles. The predicted molar refractivity (Wildman–Crippen MR) is 238 cm³/mol. The van der Waals surface area contributed by atoms with Crippen LogP contribution >= 0.6 is 7.82 Å². The minimum Gasteiger partial charge on any atom is -0.457 e. The van der Waals surface area contributed by atoms with Gasteiger partial charge in [0.15, 0.2) is 0 Å². The van der Waals surface area contributed by atoms with E-state index >= 15 is 0 Å². The van der Waals surface area contributed by atoms with Gasteiger partial charge in [-0.05, 0) is 89.9 Å². The van der Waals surface area contributed by atoms with Crippen molar-refractivity contribution in [2.45, 2.75) is 161 Å². The highest BCUT2D eigenvalue weighted by molar-refractivity contribution is 7.47. The molecule has 320 valence electrons. The molecule has 0 aliphatic carbocycles. The van der Waals surface area contributed by atoms with Gasteiger partial charge in [-0.25, -0.2) is 4.57 Å². The Morgan fingerprint density at radius 1 is 0.536 bits per heavy atom. The molecule has 0 heterocycles. The Morgan fingerprint density at radius 3 is 1.41 bits per heavy atom. The predicted octanol–water partition coefficient (Wildman–Crippen LogP) is 13.1. The van der Waals surface area contributed by atoms with Gasteiger partial charge in [-0.1, -0.05) is 156 Å². The minimum absolute atomic E-state index is 0.0869. The molecule has 0 amide bonds. The van der Waals surface area contributed by atoms with Crippen molar-refractivity contribution in [3.8, 4) is 0 Å². The van der Waals surface area contributed by atoms with E-state index in [0.717, 1.165) is 83.5 Å². The Hall–Kier alpha value is -2.58. The first kappa shape index (κ1) is 53.4. The van der Waals surface area contributed by atoms with E-state index in [0.29, 0.717) is 13.0 Å². The summed E-state index contributed by atoms with van der Waals surface area (Å²) in [5, 5.41) is 0. The summed E-state index contributed by atoms with van der Waals surface area (Å²) in [6, 6.07) is 0. The fraction of sp³-hybridized carbons (Fsp3) is 0.638. The molecule has 3 N–H and O–H groups in total. The summed E-state index contributed by atoms with van der Waals surface area (Å²) in [6.45, 7) is 4.59. The Bertz CT molecular complexity index is 1170. The van der Waals surface area contributed by atoms with Crippen LogP contribution in [0.15, 0.2) is 97.2 Å². The molecule has 0 aromatic carbocycles. The molecule has 2 unspecified atom stereocenters. The van der Waals surface area contributed by atoms with E-state index in [2.05, 4.69) is 111 Å². The van der Waals surface area contributed by atoms with Crippen molar-refractivity contribution in [1.29, 1.82) is 0 Å². The molecule has 0 radical (unpaired) electrons. The number of rotatable bonds is 40. The van der Waals surface area contributed by atoms with Crippen molar-refractivity contribution < 1.29 is 32.8 Å². The number of carbonyl (C=O) groups excluding carboxylic acids is 1. The van der Waals surface area contributed by atoms with Crippen molar-refractivity contribution >= 4 is 13.8 Å². The highest BCUT2D eigenvalue weighted by Gasteiger charge is 2.25. The molecule has 0 spiro atoms. The zero-order valence-electron chi connectivity index (χ0n) is 35.3. The van der Waals surface area contributed by atoms with Gasteiger partial charge in [-0.2, -0.15) is 0 Å². The number of carbonyl (C=O) groups is 1.